The van der Waals surface area contributed by atoms with Crippen LogP contribution >= 0.6 is 0 Å². The number of Topliss-reactive ketones (excluding diaryl/α,β-unsaturated/α-hetero) is 1. The summed E-state index contributed by atoms with van der Waals surface area (Å²) in [6.45, 7) is 8.25. The van der Waals surface area contributed by atoms with Crippen molar-refractivity contribution in [3.8, 4) is 0 Å². The Morgan fingerprint density at radius 1 is 1.62 bits per heavy atom. The maximum atomic E-state index is 11.7. The van der Waals surface area contributed by atoms with Crippen molar-refractivity contribution in [2.24, 2.45) is 11.0 Å². The molecular weight excluding hydrogens is 200 g/mol. The second-order valence-electron chi connectivity index (χ2n) is 4.01. The summed E-state index contributed by atoms with van der Waals surface area (Å²) in [6, 6.07) is 0. The van der Waals surface area contributed by atoms with Crippen LogP contribution in [-0.2, 0) is 4.79 Å². The van der Waals surface area contributed by atoms with E-state index >= 15 is 0 Å². The van der Waals surface area contributed by atoms with Crippen molar-refractivity contribution in [2.45, 2.75) is 34.1 Å². The van der Waals surface area contributed by atoms with Crippen LogP contribution in [0, 0.1) is 5.92 Å². The molecule has 1 aliphatic rings. The zero-order chi connectivity index (χ0) is 12.1. The minimum absolute atomic E-state index is 0.0375. The van der Waals surface area contributed by atoms with E-state index in [1.54, 1.807) is 5.01 Å². The van der Waals surface area contributed by atoms with E-state index in [2.05, 4.69) is 18.1 Å². The van der Waals surface area contributed by atoms with Crippen LogP contribution in [0.1, 0.15) is 34.1 Å². The molecule has 0 aromatic carbocycles. The number of rotatable bonds is 3. The molecule has 0 saturated carbocycles. The molecule has 1 rings (SSSR count). The van der Waals surface area contributed by atoms with Crippen molar-refractivity contribution in [1.29, 1.82) is 0 Å². The van der Waals surface area contributed by atoms with Crippen molar-refractivity contribution in [2.75, 3.05) is 6.54 Å². The number of hydrogen-bond acceptors (Lipinski definition) is 3. The number of allylic oxidation sites excluding steroid dienone is 3. The SMILES string of the molecule is C/C=C(\C=C/CC)N1CC(=O)C(C)C(C)=N1. The van der Waals surface area contributed by atoms with E-state index in [1.165, 1.54) is 0 Å². The van der Waals surface area contributed by atoms with Crippen molar-refractivity contribution < 1.29 is 4.79 Å². The normalized spacial score (nSPS) is 22.9. The van der Waals surface area contributed by atoms with Gasteiger partial charge in [-0.15, -0.1) is 0 Å². The Hall–Kier alpha value is -1.38. The highest BCUT2D eigenvalue weighted by Gasteiger charge is 2.25. The van der Waals surface area contributed by atoms with Crippen molar-refractivity contribution in [3.05, 3.63) is 23.9 Å². The van der Waals surface area contributed by atoms with E-state index in [1.807, 2.05) is 32.9 Å². The zero-order valence-corrected chi connectivity index (χ0v) is 10.5. The first-order valence-electron chi connectivity index (χ1n) is 5.78. The van der Waals surface area contributed by atoms with Gasteiger partial charge in [-0.2, -0.15) is 5.10 Å². The molecule has 1 atom stereocenters. The standard InChI is InChI=1S/C13H20N2O/c1-5-7-8-12(6-2)15-9-13(16)10(3)11(4)14-15/h6-8,10H,5,9H2,1-4H3/b8-7-,12-6+. The van der Waals surface area contributed by atoms with E-state index in [0.717, 1.165) is 17.8 Å². The number of nitrogens with zero attached hydrogens (tertiary/aromatic N) is 2. The fourth-order valence-electron chi connectivity index (χ4n) is 1.55. The molecule has 3 heteroatoms. The molecular formula is C13H20N2O. The minimum Gasteiger partial charge on any atom is -0.297 e. The third-order valence-corrected chi connectivity index (χ3v) is 2.81. The van der Waals surface area contributed by atoms with Gasteiger partial charge in [0.15, 0.2) is 5.78 Å². The third kappa shape index (κ3) is 2.81. The fourth-order valence-corrected chi connectivity index (χ4v) is 1.55. The minimum atomic E-state index is -0.0375. The van der Waals surface area contributed by atoms with Gasteiger partial charge in [-0.3, -0.25) is 9.80 Å². The van der Waals surface area contributed by atoms with Gasteiger partial charge in [0.1, 0.15) is 6.54 Å². The molecule has 88 valence electrons. The summed E-state index contributed by atoms with van der Waals surface area (Å²) >= 11 is 0. The molecule has 0 radical (unpaired) electrons. The monoisotopic (exact) mass is 220 g/mol. The van der Waals surface area contributed by atoms with Gasteiger partial charge in [-0.05, 0) is 26.3 Å². The highest BCUT2D eigenvalue weighted by atomic mass is 16.1. The number of hydrazone groups is 1. The van der Waals surface area contributed by atoms with Crippen LogP contribution < -0.4 is 0 Å². The molecule has 1 heterocycles. The second-order valence-corrected chi connectivity index (χ2v) is 4.01. The molecule has 1 aliphatic heterocycles. The fraction of sp³-hybridized carbons (Fsp3) is 0.538. The average molecular weight is 220 g/mol. The molecule has 0 aliphatic carbocycles. The van der Waals surface area contributed by atoms with Gasteiger partial charge in [0, 0.05) is 5.71 Å². The average Bonchev–Trinajstić information content (AvgIpc) is 2.26. The predicted octanol–water partition coefficient (Wildman–Crippen LogP) is 2.75. The lowest BCUT2D eigenvalue weighted by molar-refractivity contribution is -0.121. The van der Waals surface area contributed by atoms with Crippen LogP contribution in [-0.4, -0.2) is 23.0 Å². The number of carbonyl (C=O) groups excluding carboxylic acids is 1. The number of carbonyl (C=O) groups is 1. The molecule has 0 spiro atoms. The van der Waals surface area contributed by atoms with Crippen molar-refractivity contribution >= 4 is 11.5 Å². The number of ketones is 1. The lowest BCUT2D eigenvalue weighted by Gasteiger charge is -2.27. The Bertz CT molecular complexity index is 353. The topological polar surface area (TPSA) is 32.7 Å². The van der Waals surface area contributed by atoms with Gasteiger partial charge < -0.3 is 0 Å². The predicted molar refractivity (Wildman–Crippen MR) is 67.2 cm³/mol. The summed E-state index contributed by atoms with van der Waals surface area (Å²) in [7, 11) is 0. The highest BCUT2D eigenvalue weighted by Crippen LogP contribution is 2.16. The Morgan fingerprint density at radius 3 is 2.81 bits per heavy atom. The van der Waals surface area contributed by atoms with Gasteiger partial charge in [0.05, 0.1) is 11.6 Å². The first kappa shape index (κ1) is 12.7. The van der Waals surface area contributed by atoms with E-state index in [0.29, 0.717) is 6.54 Å². The largest absolute Gasteiger partial charge is 0.297 e. The van der Waals surface area contributed by atoms with Crippen LogP contribution in [0.2, 0.25) is 0 Å². The van der Waals surface area contributed by atoms with Gasteiger partial charge in [0.25, 0.3) is 0 Å². The molecule has 3 nitrogen and oxygen atoms in total. The van der Waals surface area contributed by atoms with Crippen LogP contribution in [0.15, 0.2) is 29.0 Å². The lowest BCUT2D eigenvalue weighted by Crippen LogP contribution is -2.37. The van der Waals surface area contributed by atoms with E-state index in [-0.39, 0.29) is 11.7 Å². The zero-order valence-electron chi connectivity index (χ0n) is 10.5. The Labute approximate surface area is 97.5 Å². The van der Waals surface area contributed by atoms with Crippen molar-refractivity contribution in [3.63, 3.8) is 0 Å². The van der Waals surface area contributed by atoms with Gasteiger partial charge in [-0.1, -0.05) is 26.0 Å². The van der Waals surface area contributed by atoms with Crippen LogP contribution in [0.4, 0.5) is 0 Å². The van der Waals surface area contributed by atoms with Crippen LogP contribution in [0.5, 0.6) is 0 Å². The smallest absolute Gasteiger partial charge is 0.162 e. The van der Waals surface area contributed by atoms with E-state index in [4.69, 9.17) is 0 Å². The Balaban J connectivity index is 2.89. The summed E-state index contributed by atoms with van der Waals surface area (Å²) in [6.07, 6.45) is 7.05. The first-order valence-corrected chi connectivity index (χ1v) is 5.78. The molecule has 16 heavy (non-hydrogen) atoms. The Kier molecular flexibility index (Phi) is 4.47. The van der Waals surface area contributed by atoms with Gasteiger partial charge >= 0.3 is 0 Å². The number of hydrogen-bond donors (Lipinski definition) is 0. The first-order chi connectivity index (χ1) is 7.60. The summed E-state index contributed by atoms with van der Waals surface area (Å²) in [5.41, 5.74) is 1.88. The van der Waals surface area contributed by atoms with E-state index < -0.39 is 0 Å². The third-order valence-electron chi connectivity index (χ3n) is 2.81. The molecule has 0 fully saturated rings. The summed E-state index contributed by atoms with van der Waals surface area (Å²) < 4.78 is 0. The molecule has 0 amide bonds. The molecule has 0 saturated heterocycles. The maximum Gasteiger partial charge on any atom is 0.162 e. The molecule has 1 unspecified atom stereocenters. The quantitative estimate of drug-likeness (QED) is 0.685. The second kappa shape index (κ2) is 5.64. The van der Waals surface area contributed by atoms with Crippen molar-refractivity contribution in [1.82, 2.24) is 5.01 Å². The summed E-state index contributed by atoms with van der Waals surface area (Å²) in [5, 5.41) is 6.23. The lowest BCUT2D eigenvalue weighted by atomic mass is 10.00. The maximum absolute atomic E-state index is 11.7. The summed E-state index contributed by atoms with van der Waals surface area (Å²) in [5.74, 6) is 0.196. The summed E-state index contributed by atoms with van der Waals surface area (Å²) in [4.78, 5) is 11.7. The molecule has 0 bridgehead atoms. The molecule has 0 aromatic rings. The van der Waals surface area contributed by atoms with Gasteiger partial charge in [0.2, 0.25) is 0 Å². The van der Waals surface area contributed by atoms with E-state index in [9.17, 15) is 4.79 Å². The van der Waals surface area contributed by atoms with Gasteiger partial charge in [-0.25, -0.2) is 0 Å². The Morgan fingerprint density at radius 2 is 2.31 bits per heavy atom. The molecule has 0 aromatic heterocycles. The molecule has 0 N–H and O–H groups in total. The van der Waals surface area contributed by atoms with Crippen LogP contribution in [0.25, 0.3) is 0 Å². The van der Waals surface area contributed by atoms with Crippen LogP contribution in [0.3, 0.4) is 0 Å². The highest BCUT2D eigenvalue weighted by molar-refractivity contribution is 6.05.